The van der Waals surface area contributed by atoms with Crippen LogP contribution in [0.2, 0.25) is 5.02 Å². The number of nitrogens with zero attached hydrogens (tertiary/aromatic N) is 2. The Labute approximate surface area is 247 Å². The van der Waals surface area contributed by atoms with E-state index in [4.69, 9.17) is 16.3 Å². The number of amides is 2. The van der Waals surface area contributed by atoms with Crippen LogP contribution in [0, 0.1) is 6.92 Å². The molecule has 0 aromatic heterocycles. The Hall–Kier alpha value is -3.56. The van der Waals surface area contributed by atoms with E-state index in [2.05, 4.69) is 5.32 Å². The molecule has 1 fully saturated rings. The van der Waals surface area contributed by atoms with Gasteiger partial charge in [-0.1, -0.05) is 60.8 Å². The fourth-order valence-corrected chi connectivity index (χ4v) is 6.68. The molecule has 0 unspecified atom stereocenters. The van der Waals surface area contributed by atoms with Crippen LogP contribution < -0.4 is 14.4 Å². The van der Waals surface area contributed by atoms with E-state index in [1.54, 1.807) is 61.5 Å². The molecule has 3 aromatic rings. The average molecular weight is 598 g/mol. The van der Waals surface area contributed by atoms with Crippen LogP contribution in [0.5, 0.6) is 5.75 Å². The first-order chi connectivity index (χ1) is 19.6. The highest BCUT2D eigenvalue weighted by molar-refractivity contribution is 7.92. The van der Waals surface area contributed by atoms with E-state index in [0.717, 1.165) is 41.1 Å². The highest BCUT2D eigenvalue weighted by atomic mass is 35.5. The summed E-state index contributed by atoms with van der Waals surface area (Å²) in [6.45, 7) is 3.02. The Morgan fingerprint density at radius 3 is 2.39 bits per heavy atom. The van der Waals surface area contributed by atoms with Gasteiger partial charge in [-0.05, 0) is 74.2 Å². The third-order valence-corrected chi connectivity index (χ3v) is 9.33. The van der Waals surface area contributed by atoms with Gasteiger partial charge in [-0.15, -0.1) is 0 Å². The van der Waals surface area contributed by atoms with Crippen molar-refractivity contribution in [2.45, 2.75) is 63.1 Å². The molecule has 1 aliphatic rings. The first-order valence-electron chi connectivity index (χ1n) is 13.7. The van der Waals surface area contributed by atoms with Gasteiger partial charge in [-0.2, -0.15) is 0 Å². The number of benzene rings is 3. The van der Waals surface area contributed by atoms with Gasteiger partial charge in [0, 0.05) is 17.6 Å². The van der Waals surface area contributed by atoms with Crippen LogP contribution in [-0.4, -0.2) is 50.9 Å². The summed E-state index contributed by atoms with van der Waals surface area (Å²) < 4.78 is 34.6. The Morgan fingerprint density at radius 2 is 1.73 bits per heavy atom. The number of methoxy groups -OCH3 is 1. The summed E-state index contributed by atoms with van der Waals surface area (Å²) in [5, 5.41) is 3.56. The molecule has 0 radical (unpaired) electrons. The van der Waals surface area contributed by atoms with Crippen molar-refractivity contribution in [3.8, 4) is 5.75 Å². The summed E-state index contributed by atoms with van der Waals surface area (Å²) in [6, 6.07) is 19.3. The summed E-state index contributed by atoms with van der Waals surface area (Å²) in [6.07, 6.45) is 3.90. The first-order valence-corrected chi connectivity index (χ1v) is 15.5. The lowest BCUT2D eigenvalue weighted by Gasteiger charge is -2.33. The summed E-state index contributed by atoms with van der Waals surface area (Å²) in [5.41, 5.74) is 1.74. The Bertz CT molecular complexity index is 1480. The van der Waals surface area contributed by atoms with E-state index in [9.17, 15) is 18.0 Å². The van der Waals surface area contributed by atoms with Gasteiger partial charge in [0.05, 0.1) is 17.7 Å². The number of nitrogens with one attached hydrogen (secondary N) is 1. The standard InChI is InChI=1S/C31H36ClN3O5S/c1-22-16-17-29(40-3)28(18-22)35(41(38,39)27-14-5-4-6-15-27)21-30(36)34(20-24-10-9-11-25(32)19-24)23(2)31(37)33-26-12-7-8-13-26/h4-6,9-11,14-19,23,26H,7-8,12-13,20-21H2,1-3H3,(H,33,37)/t23-/m0/s1. The highest BCUT2D eigenvalue weighted by Gasteiger charge is 2.34. The van der Waals surface area contributed by atoms with Gasteiger partial charge in [-0.3, -0.25) is 13.9 Å². The molecule has 4 rings (SSSR count). The third kappa shape index (κ3) is 7.40. The molecule has 218 valence electrons. The fourth-order valence-electron chi connectivity index (χ4n) is 5.03. The lowest BCUT2D eigenvalue weighted by atomic mass is 10.1. The molecule has 3 aromatic carbocycles. The molecular formula is C31H36ClN3O5S. The van der Waals surface area contributed by atoms with Crippen LogP contribution in [0.15, 0.2) is 77.7 Å². The quantitative estimate of drug-likeness (QED) is 0.322. The van der Waals surface area contributed by atoms with E-state index in [1.807, 2.05) is 13.0 Å². The number of halogens is 1. The maximum Gasteiger partial charge on any atom is 0.264 e. The molecular weight excluding hydrogens is 562 g/mol. The number of carbonyl (C=O) groups is 2. The molecule has 1 atom stereocenters. The number of sulfonamides is 1. The van der Waals surface area contributed by atoms with Gasteiger partial charge in [-0.25, -0.2) is 8.42 Å². The minimum Gasteiger partial charge on any atom is -0.495 e. The number of hydrogen-bond acceptors (Lipinski definition) is 5. The second-order valence-corrected chi connectivity index (χ2v) is 12.6. The molecule has 8 nitrogen and oxygen atoms in total. The van der Waals surface area contributed by atoms with Crippen LogP contribution in [0.1, 0.15) is 43.7 Å². The molecule has 1 aliphatic carbocycles. The number of anilines is 1. The smallest absolute Gasteiger partial charge is 0.264 e. The van der Waals surface area contributed by atoms with Crippen LogP contribution >= 0.6 is 11.6 Å². The Kier molecular flexibility index (Phi) is 9.94. The normalized spacial score (nSPS) is 14.3. The molecule has 0 saturated heterocycles. The zero-order valence-electron chi connectivity index (χ0n) is 23.5. The summed E-state index contributed by atoms with van der Waals surface area (Å²) in [7, 11) is -2.74. The minimum absolute atomic E-state index is 0.0322. The van der Waals surface area contributed by atoms with Gasteiger partial charge in [0.15, 0.2) is 0 Å². The zero-order chi connectivity index (χ0) is 29.6. The molecule has 0 aliphatic heterocycles. The largest absolute Gasteiger partial charge is 0.495 e. The van der Waals surface area contributed by atoms with Crippen molar-refractivity contribution >= 4 is 39.1 Å². The number of rotatable bonds is 11. The summed E-state index contributed by atoms with van der Waals surface area (Å²) >= 11 is 6.22. The topological polar surface area (TPSA) is 96.0 Å². The van der Waals surface area contributed by atoms with Gasteiger partial charge < -0.3 is 15.0 Å². The SMILES string of the molecule is COc1ccc(C)cc1N(CC(=O)N(Cc1cccc(Cl)c1)[C@@H](C)C(=O)NC1CCCC1)S(=O)(=O)c1ccccc1. The number of carbonyl (C=O) groups excluding carboxylic acids is 2. The van der Waals surface area contributed by atoms with Crippen molar-refractivity contribution in [3.05, 3.63) is 88.9 Å². The van der Waals surface area contributed by atoms with Gasteiger partial charge in [0.2, 0.25) is 11.8 Å². The molecule has 1 saturated carbocycles. The van der Waals surface area contributed by atoms with E-state index in [0.29, 0.717) is 10.8 Å². The van der Waals surface area contributed by atoms with Crippen molar-refractivity contribution < 1.29 is 22.7 Å². The van der Waals surface area contributed by atoms with Gasteiger partial charge >= 0.3 is 0 Å². The third-order valence-electron chi connectivity index (χ3n) is 7.32. The van der Waals surface area contributed by atoms with Crippen LogP contribution in [0.3, 0.4) is 0 Å². The Morgan fingerprint density at radius 1 is 1.02 bits per heavy atom. The van der Waals surface area contributed by atoms with Crippen molar-refractivity contribution in [1.29, 1.82) is 0 Å². The lowest BCUT2D eigenvalue weighted by molar-refractivity contribution is -0.139. The average Bonchev–Trinajstić information content (AvgIpc) is 3.47. The van der Waals surface area contributed by atoms with Gasteiger partial charge in [0.1, 0.15) is 18.3 Å². The van der Waals surface area contributed by atoms with E-state index < -0.39 is 28.5 Å². The molecule has 0 bridgehead atoms. The van der Waals surface area contributed by atoms with Crippen LogP contribution in [0.25, 0.3) is 0 Å². The van der Waals surface area contributed by atoms with E-state index >= 15 is 0 Å². The predicted molar refractivity (Wildman–Crippen MR) is 161 cm³/mol. The lowest BCUT2D eigenvalue weighted by Crippen LogP contribution is -2.52. The van der Waals surface area contributed by atoms with Crippen LogP contribution in [-0.2, 0) is 26.2 Å². The van der Waals surface area contributed by atoms with Crippen molar-refractivity contribution in [3.63, 3.8) is 0 Å². The molecule has 1 N–H and O–H groups in total. The van der Waals surface area contributed by atoms with Crippen molar-refractivity contribution in [2.24, 2.45) is 0 Å². The molecule has 0 spiro atoms. The number of ether oxygens (including phenoxy) is 1. The summed E-state index contributed by atoms with van der Waals surface area (Å²) in [4.78, 5) is 28.9. The second kappa shape index (κ2) is 13.4. The van der Waals surface area contributed by atoms with Crippen molar-refractivity contribution in [2.75, 3.05) is 18.0 Å². The maximum absolute atomic E-state index is 14.1. The van der Waals surface area contributed by atoms with E-state index in [1.165, 1.54) is 24.1 Å². The number of hydrogen-bond donors (Lipinski definition) is 1. The number of aryl methyl sites for hydroxylation is 1. The Balaban J connectivity index is 1.73. The zero-order valence-corrected chi connectivity index (χ0v) is 25.1. The highest BCUT2D eigenvalue weighted by Crippen LogP contribution is 2.34. The molecule has 0 heterocycles. The molecule has 10 heteroatoms. The second-order valence-electron chi connectivity index (χ2n) is 10.3. The fraction of sp³-hybridized carbons (Fsp3) is 0.355. The predicted octanol–water partition coefficient (Wildman–Crippen LogP) is 5.33. The first kappa shape index (κ1) is 30.4. The molecule has 2 amide bonds. The van der Waals surface area contributed by atoms with Crippen molar-refractivity contribution in [1.82, 2.24) is 10.2 Å². The van der Waals surface area contributed by atoms with Crippen LogP contribution in [0.4, 0.5) is 5.69 Å². The van der Waals surface area contributed by atoms with E-state index in [-0.39, 0.29) is 29.1 Å². The molecule has 41 heavy (non-hydrogen) atoms. The van der Waals surface area contributed by atoms with Gasteiger partial charge in [0.25, 0.3) is 10.0 Å². The minimum atomic E-state index is -4.19. The monoisotopic (exact) mass is 597 g/mol. The summed E-state index contributed by atoms with van der Waals surface area (Å²) in [5.74, 6) is -0.517. The maximum atomic E-state index is 14.1.